The smallest absolute Gasteiger partial charge is 0.393 e. The molecule has 9 nitrogen and oxygen atoms in total. The van der Waals surface area contributed by atoms with Gasteiger partial charge in [0, 0.05) is 30.4 Å². The Labute approximate surface area is 222 Å². The highest BCUT2D eigenvalue weighted by molar-refractivity contribution is 6.04. The second kappa shape index (κ2) is 9.22. The lowest BCUT2D eigenvalue weighted by molar-refractivity contribution is -0.137. The van der Waals surface area contributed by atoms with Crippen LogP contribution < -0.4 is 11.1 Å². The molecule has 12 heteroatoms. The number of nitrogens with zero attached hydrogens (tertiary/aromatic N) is 4. The zero-order chi connectivity index (χ0) is 27.6. The number of benzene rings is 1. The number of hydrogen-bond acceptors (Lipinski definition) is 6. The van der Waals surface area contributed by atoms with Crippen molar-refractivity contribution in [3.05, 3.63) is 46.6 Å². The maximum atomic E-state index is 14.2. The van der Waals surface area contributed by atoms with Crippen molar-refractivity contribution in [1.82, 2.24) is 24.8 Å². The van der Waals surface area contributed by atoms with Crippen molar-refractivity contribution >= 4 is 23.3 Å². The Morgan fingerprint density at radius 1 is 1.23 bits per heavy atom. The Hall–Kier alpha value is -3.67. The first-order valence-corrected chi connectivity index (χ1v) is 13.2. The van der Waals surface area contributed by atoms with E-state index in [9.17, 15) is 27.9 Å². The maximum Gasteiger partial charge on any atom is 0.417 e. The summed E-state index contributed by atoms with van der Waals surface area (Å²) in [6, 6.07) is 3.66. The van der Waals surface area contributed by atoms with Crippen molar-refractivity contribution in [1.29, 1.82) is 0 Å². The predicted molar refractivity (Wildman–Crippen MR) is 136 cm³/mol. The molecule has 6 rings (SSSR count). The van der Waals surface area contributed by atoms with E-state index in [1.54, 1.807) is 6.07 Å². The molecule has 2 saturated carbocycles. The topological polar surface area (TPSA) is 126 Å². The molecule has 3 aromatic rings. The first-order valence-electron chi connectivity index (χ1n) is 13.2. The number of halogens is 3. The van der Waals surface area contributed by atoms with Gasteiger partial charge in [0.15, 0.2) is 11.5 Å². The number of nitrogen functional groups attached to an aromatic ring is 1. The van der Waals surface area contributed by atoms with Crippen molar-refractivity contribution in [3.63, 3.8) is 0 Å². The molecule has 3 aliphatic rings. The van der Waals surface area contributed by atoms with E-state index in [1.807, 2.05) is 6.92 Å². The van der Waals surface area contributed by atoms with Crippen LogP contribution in [0.4, 0.5) is 19.0 Å². The van der Waals surface area contributed by atoms with Crippen molar-refractivity contribution < 1.29 is 27.9 Å². The zero-order valence-corrected chi connectivity index (χ0v) is 21.3. The standard InChI is InChI=1S/C27H29F3N6O3/c1-13(14-5-6-14)35-12-16-9-15(10-19(27(28,29)30)21(16)26(35)39)20-7-8-36-24(33-20)22(23(31)34-36)25(38)32-17-3-2-4-18(37)11-17/h7-10,13-14,17-18,37H,2-6,11-12H2,1H3,(H2,31,34)(H,32,38)/t13-,17-,18+/m0/s1. The van der Waals surface area contributed by atoms with Gasteiger partial charge in [0.2, 0.25) is 0 Å². The molecule has 0 unspecified atom stereocenters. The molecule has 2 fully saturated rings. The largest absolute Gasteiger partial charge is 0.417 e. The Morgan fingerprint density at radius 3 is 2.69 bits per heavy atom. The third kappa shape index (κ3) is 4.60. The molecular weight excluding hydrogens is 513 g/mol. The molecule has 2 aromatic heterocycles. The van der Waals surface area contributed by atoms with Crippen LogP contribution in [0.5, 0.6) is 0 Å². The fourth-order valence-electron chi connectivity index (χ4n) is 5.89. The molecule has 0 bridgehead atoms. The minimum absolute atomic E-state index is 0.0220. The lowest BCUT2D eigenvalue weighted by Crippen LogP contribution is -2.40. The van der Waals surface area contributed by atoms with Gasteiger partial charge >= 0.3 is 6.18 Å². The van der Waals surface area contributed by atoms with Crippen LogP contribution in [-0.2, 0) is 12.7 Å². The van der Waals surface area contributed by atoms with Gasteiger partial charge in [-0.2, -0.15) is 13.2 Å². The van der Waals surface area contributed by atoms with Crippen molar-refractivity contribution in [2.75, 3.05) is 5.73 Å². The third-order valence-electron chi connectivity index (χ3n) is 8.15. The van der Waals surface area contributed by atoms with Gasteiger partial charge in [0.1, 0.15) is 5.56 Å². The van der Waals surface area contributed by atoms with Gasteiger partial charge in [0.05, 0.1) is 22.9 Å². The summed E-state index contributed by atoms with van der Waals surface area (Å²) in [6.07, 6.45) is 0.782. The molecule has 0 saturated heterocycles. The number of fused-ring (bicyclic) bond motifs is 2. The molecule has 206 valence electrons. The molecule has 4 N–H and O–H groups in total. The number of carbonyl (C=O) groups is 2. The molecule has 2 aliphatic carbocycles. The fourth-order valence-corrected chi connectivity index (χ4v) is 5.89. The van der Waals surface area contributed by atoms with Gasteiger partial charge in [-0.25, -0.2) is 9.50 Å². The summed E-state index contributed by atoms with van der Waals surface area (Å²) in [7, 11) is 0. The molecule has 3 heterocycles. The number of aromatic nitrogens is 3. The number of nitrogens with two attached hydrogens (primary N) is 1. The molecule has 3 atom stereocenters. The minimum atomic E-state index is -4.74. The van der Waals surface area contributed by atoms with Crippen LogP contribution in [0.15, 0.2) is 24.4 Å². The number of carbonyl (C=O) groups excluding carboxylic acids is 2. The molecular formula is C27H29F3N6O3. The minimum Gasteiger partial charge on any atom is -0.393 e. The summed E-state index contributed by atoms with van der Waals surface area (Å²) in [4.78, 5) is 32.3. The lowest BCUT2D eigenvalue weighted by atomic mass is 9.93. The second-order valence-electron chi connectivity index (χ2n) is 10.9. The van der Waals surface area contributed by atoms with Gasteiger partial charge in [0.25, 0.3) is 11.8 Å². The molecule has 1 aliphatic heterocycles. The summed E-state index contributed by atoms with van der Waals surface area (Å²) in [5.74, 6) is -0.850. The van der Waals surface area contributed by atoms with Crippen molar-refractivity contribution in [2.24, 2.45) is 5.92 Å². The Morgan fingerprint density at radius 2 is 2.00 bits per heavy atom. The van der Waals surface area contributed by atoms with E-state index < -0.39 is 29.7 Å². The number of aliphatic hydroxyl groups excluding tert-OH is 1. The summed E-state index contributed by atoms with van der Waals surface area (Å²) >= 11 is 0. The maximum absolute atomic E-state index is 14.2. The lowest BCUT2D eigenvalue weighted by Gasteiger charge is -2.26. The quantitative estimate of drug-likeness (QED) is 0.451. The van der Waals surface area contributed by atoms with Gasteiger partial charge < -0.3 is 21.1 Å². The predicted octanol–water partition coefficient (Wildman–Crippen LogP) is 3.78. The number of anilines is 1. The number of aliphatic hydroxyl groups is 1. The van der Waals surface area contributed by atoms with E-state index in [2.05, 4.69) is 15.4 Å². The molecule has 1 aromatic carbocycles. The summed E-state index contributed by atoms with van der Waals surface area (Å²) in [5, 5.41) is 17.0. The Balaban J connectivity index is 1.38. The van der Waals surface area contributed by atoms with Crippen LogP contribution in [0.2, 0.25) is 0 Å². The van der Waals surface area contributed by atoms with E-state index in [0.717, 1.165) is 25.3 Å². The Kier molecular flexibility index (Phi) is 6.05. The normalized spacial score (nSPS) is 22.3. The van der Waals surface area contributed by atoms with Crippen molar-refractivity contribution in [3.8, 4) is 11.3 Å². The fraction of sp³-hybridized carbons (Fsp3) is 0.481. The van der Waals surface area contributed by atoms with Gasteiger partial charge in [-0.05, 0) is 75.1 Å². The molecule has 2 amide bonds. The van der Waals surface area contributed by atoms with Crippen LogP contribution in [-0.4, -0.2) is 54.6 Å². The van der Waals surface area contributed by atoms with Crippen LogP contribution in [0.3, 0.4) is 0 Å². The highest BCUT2D eigenvalue weighted by Crippen LogP contribution is 2.43. The zero-order valence-electron chi connectivity index (χ0n) is 21.3. The molecule has 0 spiro atoms. The average Bonchev–Trinajstić information content (AvgIpc) is 3.60. The van der Waals surface area contributed by atoms with E-state index in [-0.39, 0.29) is 52.5 Å². The number of rotatable bonds is 5. The van der Waals surface area contributed by atoms with Crippen LogP contribution in [0, 0.1) is 5.92 Å². The van der Waals surface area contributed by atoms with Gasteiger partial charge in [-0.15, -0.1) is 5.10 Å². The number of nitrogens with one attached hydrogen (secondary N) is 1. The Bertz CT molecular complexity index is 1480. The monoisotopic (exact) mass is 542 g/mol. The summed E-state index contributed by atoms with van der Waals surface area (Å²) in [6.45, 7) is 1.99. The van der Waals surface area contributed by atoms with Crippen LogP contribution in [0.25, 0.3) is 16.9 Å². The van der Waals surface area contributed by atoms with E-state index in [4.69, 9.17) is 5.73 Å². The highest BCUT2D eigenvalue weighted by Gasteiger charge is 2.44. The van der Waals surface area contributed by atoms with E-state index >= 15 is 0 Å². The van der Waals surface area contributed by atoms with E-state index in [1.165, 1.54) is 21.7 Å². The summed E-state index contributed by atoms with van der Waals surface area (Å²) in [5.41, 5.74) is 5.56. The van der Waals surface area contributed by atoms with Crippen molar-refractivity contribution in [2.45, 2.75) is 76.4 Å². The summed E-state index contributed by atoms with van der Waals surface area (Å²) < 4.78 is 43.9. The SMILES string of the molecule is C[C@@H](C1CC1)N1Cc2cc(-c3ccn4nc(N)c(C(=O)N[C@H]5CCC[C@@H](O)C5)c4n3)cc(C(F)(F)F)c2C1=O. The van der Waals surface area contributed by atoms with E-state index in [0.29, 0.717) is 30.7 Å². The number of amides is 2. The van der Waals surface area contributed by atoms with Gasteiger partial charge in [-0.3, -0.25) is 9.59 Å². The first kappa shape index (κ1) is 25.6. The van der Waals surface area contributed by atoms with Gasteiger partial charge in [-0.1, -0.05) is 0 Å². The number of alkyl halides is 3. The van der Waals surface area contributed by atoms with Crippen LogP contribution in [0.1, 0.15) is 77.3 Å². The second-order valence-corrected chi connectivity index (χ2v) is 10.9. The molecule has 39 heavy (non-hydrogen) atoms. The first-order chi connectivity index (χ1) is 18.5. The number of hydrogen-bond donors (Lipinski definition) is 3. The molecule has 0 radical (unpaired) electrons. The van der Waals surface area contributed by atoms with Crippen LogP contribution >= 0.6 is 0 Å². The average molecular weight is 543 g/mol. The highest BCUT2D eigenvalue weighted by atomic mass is 19.4. The third-order valence-corrected chi connectivity index (χ3v) is 8.15.